The van der Waals surface area contributed by atoms with Gasteiger partial charge in [-0.05, 0) is 49.9 Å². The van der Waals surface area contributed by atoms with Crippen LogP contribution in [0.1, 0.15) is 37.8 Å². The van der Waals surface area contributed by atoms with Crippen LogP contribution in [0, 0.1) is 13.8 Å². The van der Waals surface area contributed by atoms with Crippen molar-refractivity contribution >= 4 is 17.5 Å². The lowest BCUT2D eigenvalue weighted by molar-refractivity contribution is -0.136. The van der Waals surface area contributed by atoms with Gasteiger partial charge in [0.25, 0.3) is 5.91 Å². The predicted octanol–water partition coefficient (Wildman–Crippen LogP) is 2.33. The van der Waals surface area contributed by atoms with Gasteiger partial charge in [0.2, 0.25) is 5.91 Å². The first-order chi connectivity index (χ1) is 9.43. The highest BCUT2D eigenvalue weighted by Crippen LogP contribution is 2.27. The Morgan fingerprint density at radius 1 is 1.15 bits per heavy atom. The van der Waals surface area contributed by atoms with E-state index in [4.69, 9.17) is 0 Å². The fraction of sp³-hybridized carbons (Fsp3) is 0.500. The molecular weight excluding hydrogens is 252 g/mol. The number of rotatable bonds is 3. The highest BCUT2D eigenvalue weighted by atomic mass is 16.2. The van der Waals surface area contributed by atoms with Crippen LogP contribution in [0.4, 0.5) is 5.69 Å². The topological polar surface area (TPSA) is 49.4 Å². The summed E-state index contributed by atoms with van der Waals surface area (Å²) in [6, 6.07) is 5.88. The number of nitrogens with zero attached hydrogens (tertiary/aromatic N) is 1. The normalized spacial score (nSPS) is 18.1. The molecule has 1 aliphatic rings. The van der Waals surface area contributed by atoms with Crippen LogP contribution >= 0.6 is 0 Å². The minimum atomic E-state index is -0.756. The molecule has 0 bridgehead atoms. The van der Waals surface area contributed by atoms with Crippen molar-refractivity contribution < 1.29 is 9.59 Å². The minimum absolute atomic E-state index is 0.00893. The molecule has 4 nitrogen and oxygen atoms in total. The molecule has 1 fully saturated rings. The van der Waals surface area contributed by atoms with E-state index in [1.54, 1.807) is 4.90 Å². The standard InChI is InChI=1S/C16H22N2O2/c1-5-16(6-2)15(20)18(10-14(19)17-16)13-8-7-11(3)12(4)9-13/h7-9H,5-6,10H2,1-4H3,(H,17,19). The predicted molar refractivity (Wildman–Crippen MR) is 79.7 cm³/mol. The van der Waals surface area contributed by atoms with Crippen LogP contribution in [0.3, 0.4) is 0 Å². The molecule has 1 aromatic rings. The van der Waals surface area contributed by atoms with Crippen molar-refractivity contribution in [2.75, 3.05) is 11.4 Å². The van der Waals surface area contributed by atoms with Crippen molar-refractivity contribution in [1.29, 1.82) is 0 Å². The Balaban J connectivity index is 2.42. The molecule has 0 radical (unpaired) electrons. The summed E-state index contributed by atoms with van der Waals surface area (Å²) in [6.07, 6.45) is 1.21. The molecule has 1 N–H and O–H groups in total. The Hall–Kier alpha value is -1.84. The molecule has 1 aliphatic heterocycles. The lowest BCUT2D eigenvalue weighted by Crippen LogP contribution is -2.66. The third kappa shape index (κ3) is 2.30. The quantitative estimate of drug-likeness (QED) is 0.919. The number of aryl methyl sites for hydroxylation is 2. The summed E-state index contributed by atoms with van der Waals surface area (Å²) < 4.78 is 0. The van der Waals surface area contributed by atoms with Gasteiger partial charge in [0, 0.05) is 5.69 Å². The first-order valence-electron chi connectivity index (χ1n) is 7.13. The Morgan fingerprint density at radius 3 is 2.35 bits per heavy atom. The van der Waals surface area contributed by atoms with Crippen LogP contribution in [0.5, 0.6) is 0 Å². The number of anilines is 1. The lowest BCUT2D eigenvalue weighted by atomic mass is 9.88. The van der Waals surface area contributed by atoms with E-state index in [1.807, 2.05) is 45.9 Å². The number of piperazine rings is 1. The molecule has 2 rings (SSSR count). The van der Waals surface area contributed by atoms with E-state index in [0.717, 1.165) is 11.3 Å². The summed E-state index contributed by atoms with van der Waals surface area (Å²) in [4.78, 5) is 26.3. The second kappa shape index (κ2) is 5.27. The van der Waals surface area contributed by atoms with Gasteiger partial charge < -0.3 is 10.2 Å². The third-order valence-electron chi connectivity index (χ3n) is 4.34. The number of benzene rings is 1. The average Bonchev–Trinajstić information content (AvgIpc) is 2.44. The molecule has 1 heterocycles. The molecule has 1 saturated heterocycles. The van der Waals surface area contributed by atoms with Crippen LogP contribution < -0.4 is 10.2 Å². The molecule has 0 spiro atoms. The van der Waals surface area contributed by atoms with Crippen LogP contribution in [-0.2, 0) is 9.59 Å². The summed E-state index contributed by atoms with van der Waals surface area (Å²) in [7, 11) is 0. The van der Waals surface area contributed by atoms with E-state index in [-0.39, 0.29) is 18.4 Å². The Bertz CT molecular complexity index is 547. The van der Waals surface area contributed by atoms with Gasteiger partial charge in [-0.2, -0.15) is 0 Å². The zero-order valence-electron chi connectivity index (χ0n) is 12.6. The van der Waals surface area contributed by atoms with E-state index >= 15 is 0 Å². The third-order valence-corrected chi connectivity index (χ3v) is 4.34. The molecule has 20 heavy (non-hydrogen) atoms. The van der Waals surface area contributed by atoms with Crippen molar-refractivity contribution in [1.82, 2.24) is 5.32 Å². The average molecular weight is 274 g/mol. The van der Waals surface area contributed by atoms with E-state index in [2.05, 4.69) is 5.32 Å². The molecule has 108 valence electrons. The number of nitrogens with one attached hydrogen (secondary N) is 1. The Morgan fingerprint density at radius 2 is 1.80 bits per heavy atom. The van der Waals surface area contributed by atoms with E-state index in [9.17, 15) is 9.59 Å². The summed E-state index contributed by atoms with van der Waals surface area (Å²) >= 11 is 0. The lowest BCUT2D eigenvalue weighted by Gasteiger charge is -2.41. The second-order valence-electron chi connectivity index (χ2n) is 5.50. The van der Waals surface area contributed by atoms with E-state index < -0.39 is 5.54 Å². The van der Waals surface area contributed by atoms with Crippen molar-refractivity contribution in [2.45, 2.75) is 46.1 Å². The monoisotopic (exact) mass is 274 g/mol. The van der Waals surface area contributed by atoms with Gasteiger partial charge in [0.1, 0.15) is 12.1 Å². The zero-order valence-corrected chi connectivity index (χ0v) is 12.6. The molecule has 0 atom stereocenters. The maximum atomic E-state index is 12.8. The summed E-state index contributed by atoms with van der Waals surface area (Å²) in [5.41, 5.74) is 2.35. The maximum Gasteiger partial charge on any atom is 0.253 e. The Labute approximate surface area is 120 Å². The van der Waals surface area contributed by atoms with Crippen LogP contribution in [0.2, 0.25) is 0 Å². The highest BCUT2D eigenvalue weighted by molar-refractivity contribution is 6.09. The number of carbonyl (C=O) groups is 2. The molecule has 0 aliphatic carbocycles. The number of amides is 2. The molecule has 2 amide bonds. The highest BCUT2D eigenvalue weighted by Gasteiger charge is 2.44. The van der Waals surface area contributed by atoms with Crippen LogP contribution in [0.15, 0.2) is 18.2 Å². The van der Waals surface area contributed by atoms with Gasteiger partial charge in [-0.3, -0.25) is 9.59 Å². The van der Waals surface area contributed by atoms with Crippen molar-refractivity contribution in [3.05, 3.63) is 29.3 Å². The van der Waals surface area contributed by atoms with E-state index in [1.165, 1.54) is 5.56 Å². The smallest absolute Gasteiger partial charge is 0.253 e. The van der Waals surface area contributed by atoms with Gasteiger partial charge in [-0.15, -0.1) is 0 Å². The van der Waals surface area contributed by atoms with Gasteiger partial charge >= 0.3 is 0 Å². The largest absolute Gasteiger partial charge is 0.340 e. The summed E-state index contributed by atoms with van der Waals surface area (Å²) in [5, 5.41) is 2.87. The van der Waals surface area contributed by atoms with Gasteiger partial charge in [0.15, 0.2) is 0 Å². The molecular formula is C16H22N2O2. The first kappa shape index (κ1) is 14.6. The van der Waals surface area contributed by atoms with Crippen LogP contribution in [0.25, 0.3) is 0 Å². The minimum Gasteiger partial charge on any atom is -0.340 e. The maximum absolute atomic E-state index is 12.8. The van der Waals surface area contributed by atoms with Gasteiger partial charge in [-0.25, -0.2) is 0 Å². The van der Waals surface area contributed by atoms with Crippen molar-refractivity contribution in [2.24, 2.45) is 0 Å². The molecule has 0 aromatic heterocycles. The molecule has 0 unspecified atom stereocenters. The summed E-state index contributed by atoms with van der Waals surface area (Å²) in [6.45, 7) is 8.02. The summed E-state index contributed by atoms with van der Waals surface area (Å²) in [5.74, 6) is -0.100. The molecule has 0 saturated carbocycles. The second-order valence-corrected chi connectivity index (χ2v) is 5.50. The zero-order chi connectivity index (χ0) is 14.9. The van der Waals surface area contributed by atoms with E-state index in [0.29, 0.717) is 12.8 Å². The fourth-order valence-electron chi connectivity index (χ4n) is 2.66. The number of hydrogen-bond acceptors (Lipinski definition) is 2. The number of hydrogen-bond donors (Lipinski definition) is 1. The van der Waals surface area contributed by atoms with Gasteiger partial charge in [-0.1, -0.05) is 19.9 Å². The van der Waals surface area contributed by atoms with Gasteiger partial charge in [0.05, 0.1) is 0 Å². The van der Waals surface area contributed by atoms with Crippen molar-refractivity contribution in [3.63, 3.8) is 0 Å². The molecule has 4 heteroatoms. The Kier molecular flexibility index (Phi) is 3.84. The van der Waals surface area contributed by atoms with Crippen LogP contribution in [-0.4, -0.2) is 23.9 Å². The number of carbonyl (C=O) groups excluding carboxylic acids is 2. The SMILES string of the molecule is CCC1(CC)NC(=O)CN(c2ccc(C)c(C)c2)C1=O. The molecule has 1 aromatic carbocycles. The van der Waals surface area contributed by atoms with Crippen molar-refractivity contribution in [3.8, 4) is 0 Å². The first-order valence-corrected chi connectivity index (χ1v) is 7.13. The fourth-order valence-corrected chi connectivity index (χ4v) is 2.66.